The second-order valence-corrected chi connectivity index (χ2v) is 7.11. The minimum Gasteiger partial charge on any atom is -0.465 e. The molecule has 30 heavy (non-hydrogen) atoms. The molecule has 0 spiro atoms. The largest absolute Gasteiger partial charge is 0.465 e. The minimum atomic E-state index is -0.373. The highest BCUT2D eigenvalue weighted by Crippen LogP contribution is 2.24. The van der Waals surface area contributed by atoms with E-state index >= 15 is 0 Å². The fourth-order valence-electron chi connectivity index (χ4n) is 3.38. The van der Waals surface area contributed by atoms with Gasteiger partial charge in [0, 0.05) is 22.6 Å². The van der Waals surface area contributed by atoms with Gasteiger partial charge in [0.1, 0.15) is 0 Å². The van der Waals surface area contributed by atoms with Crippen molar-refractivity contribution < 1.29 is 14.3 Å². The number of nitrogens with one attached hydrogen (secondary N) is 1. The van der Waals surface area contributed by atoms with Crippen LogP contribution in [0.3, 0.4) is 0 Å². The second kappa shape index (κ2) is 9.22. The highest BCUT2D eigenvalue weighted by atomic mass is 16.5. The van der Waals surface area contributed by atoms with Crippen LogP contribution in [0, 0.1) is 20.8 Å². The first-order valence-electron chi connectivity index (χ1n) is 9.65. The Labute approximate surface area is 176 Å². The van der Waals surface area contributed by atoms with Crippen LogP contribution in [0.2, 0.25) is 0 Å². The van der Waals surface area contributed by atoms with Crippen LogP contribution >= 0.6 is 0 Å². The Kier molecular flexibility index (Phi) is 6.47. The number of hydrogen-bond donors (Lipinski definition) is 1. The molecule has 0 fully saturated rings. The van der Waals surface area contributed by atoms with E-state index in [4.69, 9.17) is 4.74 Å². The summed E-state index contributed by atoms with van der Waals surface area (Å²) in [4.78, 5) is 24.0. The Hall–Kier alpha value is -3.67. The lowest BCUT2D eigenvalue weighted by Gasteiger charge is -2.14. The molecule has 0 unspecified atom stereocenters. The molecule has 0 bridgehead atoms. The number of methoxy groups -OCH3 is 1. The van der Waals surface area contributed by atoms with Gasteiger partial charge in [-0.1, -0.05) is 36.4 Å². The zero-order valence-electron chi connectivity index (χ0n) is 17.6. The maximum Gasteiger partial charge on any atom is 0.337 e. The van der Waals surface area contributed by atoms with Gasteiger partial charge >= 0.3 is 5.97 Å². The molecule has 154 valence electrons. The van der Waals surface area contributed by atoms with Gasteiger partial charge in [-0.2, -0.15) is 5.10 Å². The van der Waals surface area contributed by atoms with Crippen LogP contribution in [0.5, 0.6) is 0 Å². The summed E-state index contributed by atoms with van der Waals surface area (Å²) in [6.45, 7) is 5.96. The van der Waals surface area contributed by atoms with Gasteiger partial charge in [0.2, 0.25) is 5.91 Å². The normalized spacial score (nSPS) is 10.9. The van der Waals surface area contributed by atoms with E-state index in [1.54, 1.807) is 12.3 Å². The van der Waals surface area contributed by atoms with Crippen molar-refractivity contribution in [2.45, 2.75) is 27.2 Å². The molecule has 0 atom stereocenters. The molecule has 1 aromatic heterocycles. The van der Waals surface area contributed by atoms with Crippen molar-refractivity contribution in [1.29, 1.82) is 0 Å². The molecule has 2 aromatic carbocycles. The smallest absolute Gasteiger partial charge is 0.337 e. The fourth-order valence-corrected chi connectivity index (χ4v) is 3.38. The number of rotatable bonds is 6. The number of carbonyl (C=O) groups excluding carboxylic acids is 2. The van der Waals surface area contributed by atoms with Crippen LogP contribution in [0.25, 0.3) is 5.69 Å². The number of hydrogen-bond acceptors (Lipinski definition) is 4. The van der Waals surface area contributed by atoms with Gasteiger partial charge in [0.25, 0.3) is 0 Å². The zero-order valence-corrected chi connectivity index (χ0v) is 17.6. The number of nitrogens with zero attached hydrogens (tertiary/aromatic N) is 2. The number of amides is 1. The van der Waals surface area contributed by atoms with E-state index in [0.717, 1.165) is 33.8 Å². The summed E-state index contributed by atoms with van der Waals surface area (Å²) >= 11 is 0. The molecule has 1 amide bonds. The Bertz CT molecular complexity index is 1100. The summed E-state index contributed by atoms with van der Waals surface area (Å²) in [7, 11) is 1.37. The lowest BCUT2D eigenvalue weighted by atomic mass is 10.1. The molecule has 6 nitrogen and oxygen atoms in total. The van der Waals surface area contributed by atoms with Crippen LogP contribution in [-0.2, 0) is 16.0 Å². The first-order chi connectivity index (χ1) is 14.4. The van der Waals surface area contributed by atoms with Crippen LogP contribution in [0.1, 0.15) is 38.4 Å². The Morgan fingerprint density at radius 3 is 2.50 bits per heavy atom. The summed E-state index contributed by atoms with van der Waals surface area (Å²) in [6.07, 6.45) is 1.91. The van der Waals surface area contributed by atoms with Gasteiger partial charge in [-0.25, -0.2) is 10.2 Å². The van der Waals surface area contributed by atoms with E-state index in [2.05, 4.69) is 15.1 Å². The van der Waals surface area contributed by atoms with Crippen LogP contribution in [-0.4, -0.2) is 29.8 Å². The van der Waals surface area contributed by atoms with E-state index in [9.17, 15) is 9.59 Å². The lowest BCUT2D eigenvalue weighted by Crippen LogP contribution is -2.19. The Morgan fingerprint density at radius 1 is 1.07 bits per heavy atom. The minimum absolute atomic E-state index is 0.173. The van der Waals surface area contributed by atoms with Crippen molar-refractivity contribution in [1.82, 2.24) is 9.99 Å². The number of aryl methyl sites for hydroxylation is 2. The maximum atomic E-state index is 12.1. The van der Waals surface area contributed by atoms with Gasteiger partial charge in [-0.15, -0.1) is 0 Å². The average Bonchev–Trinajstić information content (AvgIpc) is 3.01. The molecule has 0 aliphatic heterocycles. The first kappa shape index (κ1) is 21.0. The van der Waals surface area contributed by atoms with Crippen molar-refractivity contribution in [2.75, 3.05) is 7.11 Å². The van der Waals surface area contributed by atoms with E-state index in [-0.39, 0.29) is 18.3 Å². The third kappa shape index (κ3) is 4.66. The van der Waals surface area contributed by atoms with Crippen LogP contribution < -0.4 is 5.43 Å². The molecule has 1 N–H and O–H groups in total. The Balaban J connectivity index is 1.80. The van der Waals surface area contributed by atoms with Gasteiger partial charge in [-0.3, -0.25) is 4.79 Å². The monoisotopic (exact) mass is 403 g/mol. The molecule has 0 saturated carbocycles. The van der Waals surface area contributed by atoms with Gasteiger partial charge in [0.05, 0.1) is 25.3 Å². The molecule has 0 radical (unpaired) electrons. The van der Waals surface area contributed by atoms with Crippen molar-refractivity contribution >= 4 is 18.1 Å². The summed E-state index contributed by atoms with van der Waals surface area (Å²) in [6, 6.07) is 17.0. The van der Waals surface area contributed by atoms with Gasteiger partial charge in [-0.05, 0) is 50.1 Å². The van der Waals surface area contributed by atoms with Crippen molar-refractivity contribution in [3.8, 4) is 5.69 Å². The molecule has 1 heterocycles. The molecule has 0 aliphatic carbocycles. The highest BCUT2D eigenvalue weighted by Gasteiger charge is 2.14. The predicted octanol–water partition coefficient (Wildman–Crippen LogP) is 3.88. The standard InChI is InChI=1S/C24H25N3O3/c1-16-10-11-20(24(29)30-4)14-22(16)27-17(2)12-21(18(27)3)15-25-26-23(28)13-19-8-6-5-7-9-19/h5-12,14-15H,13H2,1-4H3,(H,26,28)/b25-15+. The van der Waals surface area contributed by atoms with Gasteiger partial charge < -0.3 is 9.30 Å². The molecule has 0 aliphatic rings. The molecular formula is C24H25N3O3. The number of carbonyl (C=O) groups is 2. The fraction of sp³-hybridized carbons (Fsp3) is 0.208. The summed E-state index contributed by atoms with van der Waals surface area (Å²) in [5, 5.41) is 4.12. The lowest BCUT2D eigenvalue weighted by molar-refractivity contribution is -0.120. The Morgan fingerprint density at radius 2 is 1.80 bits per heavy atom. The SMILES string of the molecule is COC(=O)c1ccc(C)c(-n2c(C)cc(/C=N/NC(=O)Cc3ccccc3)c2C)c1. The number of ether oxygens (including phenoxy) is 1. The quantitative estimate of drug-likeness (QED) is 0.386. The van der Waals surface area contributed by atoms with Crippen LogP contribution in [0.15, 0.2) is 59.7 Å². The predicted molar refractivity (Wildman–Crippen MR) is 117 cm³/mol. The van der Waals surface area contributed by atoms with E-state index in [0.29, 0.717) is 5.56 Å². The summed E-state index contributed by atoms with van der Waals surface area (Å²) in [5.74, 6) is -0.547. The van der Waals surface area contributed by atoms with Crippen molar-refractivity contribution in [2.24, 2.45) is 5.10 Å². The molecule has 3 aromatic rings. The molecule has 0 saturated heterocycles. The number of hydrazone groups is 1. The van der Waals surface area contributed by atoms with Gasteiger partial charge in [0.15, 0.2) is 0 Å². The van der Waals surface area contributed by atoms with E-state index in [1.165, 1.54) is 7.11 Å². The van der Waals surface area contributed by atoms with Crippen molar-refractivity contribution in [3.05, 3.63) is 88.2 Å². The number of aromatic nitrogens is 1. The average molecular weight is 403 g/mol. The number of benzene rings is 2. The van der Waals surface area contributed by atoms with Crippen molar-refractivity contribution in [3.63, 3.8) is 0 Å². The van der Waals surface area contributed by atoms with Crippen LogP contribution in [0.4, 0.5) is 0 Å². The topological polar surface area (TPSA) is 72.7 Å². The molecular weight excluding hydrogens is 378 g/mol. The number of esters is 1. The van der Waals surface area contributed by atoms with E-state index in [1.807, 2.05) is 69.3 Å². The third-order valence-corrected chi connectivity index (χ3v) is 4.94. The summed E-state index contributed by atoms with van der Waals surface area (Å²) < 4.78 is 6.91. The third-order valence-electron chi connectivity index (χ3n) is 4.94. The molecule has 6 heteroatoms. The first-order valence-corrected chi connectivity index (χ1v) is 9.65. The van der Waals surface area contributed by atoms with E-state index < -0.39 is 0 Å². The highest BCUT2D eigenvalue weighted by molar-refractivity contribution is 5.90. The second-order valence-electron chi connectivity index (χ2n) is 7.11. The zero-order chi connectivity index (χ0) is 21.7. The maximum absolute atomic E-state index is 12.1. The summed E-state index contributed by atoms with van der Waals surface area (Å²) in [5.41, 5.74) is 8.78. The molecule has 3 rings (SSSR count).